The van der Waals surface area contributed by atoms with Crippen LogP contribution in [0.5, 0.6) is 0 Å². The summed E-state index contributed by atoms with van der Waals surface area (Å²) < 4.78 is 1.09. The van der Waals surface area contributed by atoms with E-state index in [0.717, 1.165) is 20.1 Å². The van der Waals surface area contributed by atoms with Crippen LogP contribution in [0.25, 0.3) is 10.6 Å². The minimum Gasteiger partial charge on any atom is -0.395 e. The summed E-state index contributed by atoms with van der Waals surface area (Å²) in [5.74, 6) is 0. The number of aromatic nitrogens is 1. The van der Waals surface area contributed by atoms with Crippen LogP contribution in [0.4, 0.5) is 0 Å². The fraction of sp³-hybridized carbons (Fsp3) is 0.364. The van der Waals surface area contributed by atoms with Crippen molar-refractivity contribution in [1.82, 2.24) is 4.98 Å². The third kappa shape index (κ3) is 2.37. The molecule has 5 heteroatoms. The highest BCUT2D eigenvalue weighted by molar-refractivity contribution is 9.10. The Labute approximate surface area is 111 Å². The molecule has 16 heavy (non-hydrogen) atoms. The highest BCUT2D eigenvalue weighted by Crippen LogP contribution is 2.33. The van der Waals surface area contributed by atoms with E-state index >= 15 is 0 Å². The Bertz CT molecular complexity index is 490. The lowest BCUT2D eigenvalue weighted by atomic mass is 9.96. The van der Waals surface area contributed by atoms with E-state index in [1.807, 2.05) is 24.6 Å². The molecule has 0 saturated heterocycles. The monoisotopic (exact) mass is 317 g/mol. The molecule has 0 spiro atoms. The zero-order chi connectivity index (χ0) is 11.8. The average Bonchev–Trinajstić information content (AvgIpc) is 2.85. The van der Waals surface area contributed by atoms with Crippen LogP contribution in [0.3, 0.4) is 0 Å². The molecule has 86 valence electrons. The summed E-state index contributed by atoms with van der Waals surface area (Å²) in [6.07, 6.45) is 0. The number of halogens is 1. The SMILES string of the molecule is CC(C)(CO)c1nc(-c2cc(Br)cs2)cs1. The quantitative estimate of drug-likeness (QED) is 0.931. The molecule has 2 aromatic heterocycles. The summed E-state index contributed by atoms with van der Waals surface area (Å²) in [7, 11) is 0. The fourth-order valence-electron chi connectivity index (χ4n) is 1.21. The van der Waals surface area contributed by atoms with Gasteiger partial charge in [0.25, 0.3) is 0 Å². The maximum absolute atomic E-state index is 9.29. The number of hydrogen-bond acceptors (Lipinski definition) is 4. The summed E-state index contributed by atoms with van der Waals surface area (Å²) in [6, 6.07) is 2.06. The van der Waals surface area contributed by atoms with Crippen molar-refractivity contribution >= 4 is 38.6 Å². The van der Waals surface area contributed by atoms with Crippen LogP contribution in [0.1, 0.15) is 18.9 Å². The van der Waals surface area contributed by atoms with Crippen LogP contribution in [-0.2, 0) is 5.41 Å². The molecule has 2 rings (SSSR count). The van der Waals surface area contributed by atoms with Crippen LogP contribution in [0, 0.1) is 0 Å². The van der Waals surface area contributed by atoms with Gasteiger partial charge in [-0.15, -0.1) is 22.7 Å². The molecule has 0 aliphatic carbocycles. The fourth-order valence-corrected chi connectivity index (χ4v) is 3.61. The van der Waals surface area contributed by atoms with Gasteiger partial charge in [-0.25, -0.2) is 4.98 Å². The molecule has 2 aromatic rings. The lowest BCUT2D eigenvalue weighted by molar-refractivity contribution is 0.218. The Hall–Kier alpha value is -0.230. The van der Waals surface area contributed by atoms with Crippen molar-refractivity contribution < 1.29 is 5.11 Å². The Balaban J connectivity index is 2.33. The average molecular weight is 318 g/mol. The first kappa shape index (κ1) is 12.2. The molecule has 2 heterocycles. The van der Waals surface area contributed by atoms with Crippen LogP contribution >= 0.6 is 38.6 Å². The topological polar surface area (TPSA) is 33.1 Å². The van der Waals surface area contributed by atoms with Gasteiger partial charge in [-0.2, -0.15) is 0 Å². The third-order valence-electron chi connectivity index (χ3n) is 2.30. The van der Waals surface area contributed by atoms with Crippen molar-refractivity contribution in [1.29, 1.82) is 0 Å². The standard InChI is InChI=1S/C11H12BrNOS2/c1-11(2,6-14)10-13-8(5-16-10)9-3-7(12)4-15-9/h3-5,14H,6H2,1-2H3. The number of hydrogen-bond donors (Lipinski definition) is 1. The lowest BCUT2D eigenvalue weighted by Crippen LogP contribution is -2.21. The zero-order valence-electron chi connectivity index (χ0n) is 9.03. The second-order valence-corrected chi connectivity index (χ2v) is 6.89. The highest BCUT2D eigenvalue weighted by Gasteiger charge is 2.23. The van der Waals surface area contributed by atoms with Crippen LogP contribution < -0.4 is 0 Å². The molecular weight excluding hydrogens is 306 g/mol. The van der Waals surface area contributed by atoms with E-state index < -0.39 is 0 Å². The van der Waals surface area contributed by atoms with Gasteiger partial charge in [0.1, 0.15) is 5.01 Å². The van der Waals surface area contributed by atoms with E-state index in [0.29, 0.717) is 0 Å². The third-order valence-corrected chi connectivity index (χ3v) is 5.22. The van der Waals surface area contributed by atoms with Crippen molar-refractivity contribution in [3.8, 4) is 10.6 Å². The van der Waals surface area contributed by atoms with E-state index in [2.05, 4.69) is 27.0 Å². The predicted octanol–water partition coefficient (Wildman–Crippen LogP) is 3.90. The first-order valence-electron chi connectivity index (χ1n) is 4.84. The smallest absolute Gasteiger partial charge is 0.101 e. The van der Waals surface area contributed by atoms with Crippen LogP contribution in [-0.4, -0.2) is 16.7 Å². The predicted molar refractivity (Wildman–Crippen MR) is 73.2 cm³/mol. The molecule has 0 fully saturated rings. The molecule has 2 nitrogen and oxygen atoms in total. The highest BCUT2D eigenvalue weighted by atomic mass is 79.9. The molecule has 0 aliphatic heterocycles. The number of aliphatic hydroxyl groups excluding tert-OH is 1. The van der Waals surface area contributed by atoms with E-state index in [1.54, 1.807) is 22.7 Å². The molecule has 0 unspecified atom stereocenters. The largest absolute Gasteiger partial charge is 0.395 e. The van der Waals surface area contributed by atoms with Gasteiger partial charge in [0.15, 0.2) is 0 Å². The molecule has 0 bridgehead atoms. The van der Waals surface area contributed by atoms with Gasteiger partial charge in [0.2, 0.25) is 0 Å². The summed E-state index contributed by atoms with van der Waals surface area (Å²) >= 11 is 6.71. The molecule has 0 aliphatic rings. The Morgan fingerprint density at radius 2 is 2.12 bits per heavy atom. The maximum Gasteiger partial charge on any atom is 0.101 e. The molecule has 0 aromatic carbocycles. The Kier molecular flexibility index (Phi) is 3.49. The Morgan fingerprint density at radius 1 is 1.38 bits per heavy atom. The minimum atomic E-state index is -0.253. The van der Waals surface area contributed by atoms with Crippen LogP contribution in [0.15, 0.2) is 21.3 Å². The summed E-state index contributed by atoms with van der Waals surface area (Å²) in [5.41, 5.74) is 0.745. The number of nitrogens with zero attached hydrogens (tertiary/aromatic N) is 1. The number of aliphatic hydroxyl groups is 1. The summed E-state index contributed by atoms with van der Waals surface area (Å²) in [5, 5.41) is 14.4. The van der Waals surface area contributed by atoms with Gasteiger partial charge in [0, 0.05) is 20.6 Å². The second-order valence-electron chi connectivity index (χ2n) is 4.21. The van der Waals surface area contributed by atoms with E-state index in [1.165, 1.54) is 0 Å². The van der Waals surface area contributed by atoms with Crippen molar-refractivity contribution in [2.24, 2.45) is 0 Å². The molecular formula is C11H12BrNOS2. The summed E-state index contributed by atoms with van der Waals surface area (Å²) in [4.78, 5) is 5.74. The van der Waals surface area contributed by atoms with E-state index in [-0.39, 0.29) is 12.0 Å². The molecule has 0 amide bonds. The maximum atomic E-state index is 9.29. The lowest BCUT2D eigenvalue weighted by Gasteiger charge is -2.17. The number of thiophene rings is 1. The molecule has 0 saturated carbocycles. The van der Waals surface area contributed by atoms with Crippen molar-refractivity contribution in [3.63, 3.8) is 0 Å². The second kappa shape index (κ2) is 4.56. The minimum absolute atomic E-state index is 0.119. The van der Waals surface area contributed by atoms with E-state index in [9.17, 15) is 5.11 Å². The zero-order valence-corrected chi connectivity index (χ0v) is 12.2. The molecule has 0 atom stereocenters. The van der Waals surface area contributed by atoms with Gasteiger partial charge in [-0.3, -0.25) is 0 Å². The van der Waals surface area contributed by atoms with E-state index in [4.69, 9.17) is 0 Å². The molecule has 1 N–H and O–H groups in total. The van der Waals surface area contributed by atoms with Gasteiger partial charge in [-0.1, -0.05) is 13.8 Å². The van der Waals surface area contributed by atoms with Gasteiger partial charge in [0.05, 0.1) is 17.2 Å². The van der Waals surface area contributed by atoms with Crippen molar-refractivity contribution in [2.45, 2.75) is 19.3 Å². The van der Waals surface area contributed by atoms with Crippen molar-refractivity contribution in [3.05, 3.63) is 26.3 Å². The Morgan fingerprint density at radius 3 is 2.69 bits per heavy atom. The normalized spacial score (nSPS) is 12.0. The van der Waals surface area contributed by atoms with Crippen LogP contribution in [0.2, 0.25) is 0 Å². The van der Waals surface area contributed by atoms with Gasteiger partial charge < -0.3 is 5.11 Å². The first-order chi connectivity index (χ1) is 7.53. The summed E-state index contributed by atoms with van der Waals surface area (Å²) in [6.45, 7) is 4.12. The molecule has 0 radical (unpaired) electrons. The van der Waals surface area contributed by atoms with Gasteiger partial charge >= 0.3 is 0 Å². The number of thiazole rings is 1. The van der Waals surface area contributed by atoms with Crippen molar-refractivity contribution in [2.75, 3.05) is 6.61 Å². The van der Waals surface area contributed by atoms with Gasteiger partial charge in [-0.05, 0) is 22.0 Å². The first-order valence-corrected chi connectivity index (χ1v) is 7.39. The number of rotatable bonds is 3.